The van der Waals surface area contributed by atoms with Crippen LogP contribution in [0.5, 0.6) is 5.75 Å². The molecule has 0 saturated heterocycles. The fourth-order valence-electron chi connectivity index (χ4n) is 2.38. The molecule has 3 nitrogen and oxygen atoms in total. The highest BCUT2D eigenvalue weighted by atomic mass is 16.5. The van der Waals surface area contributed by atoms with Crippen LogP contribution in [-0.4, -0.2) is 32.1 Å². The average Bonchev–Trinajstić information content (AvgIpc) is 2.47. The Balaban J connectivity index is 2.64. The van der Waals surface area contributed by atoms with Gasteiger partial charge in [0.2, 0.25) is 0 Å². The molecule has 0 aliphatic carbocycles. The summed E-state index contributed by atoms with van der Waals surface area (Å²) in [6.07, 6.45) is 8.64. The predicted octanol–water partition coefficient (Wildman–Crippen LogP) is 4.46. The molecule has 1 rings (SSSR count). The number of unbranched alkanes of at least 4 members (excludes halogenated alkanes) is 2. The zero-order valence-corrected chi connectivity index (χ0v) is 13.8. The van der Waals surface area contributed by atoms with Crippen LogP contribution in [0.1, 0.15) is 50.7 Å². The molecule has 0 bridgehead atoms. The van der Waals surface area contributed by atoms with E-state index in [-0.39, 0.29) is 0 Å². The zero-order valence-electron chi connectivity index (χ0n) is 13.8. The fraction of sp³-hybridized carbons (Fsp3) is 0.556. The number of aryl methyl sites for hydroxylation is 1. The van der Waals surface area contributed by atoms with E-state index >= 15 is 0 Å². The molecule has 0 fully saturated rings. The lowest BCUT2D eigenvalue weighted by Crippen LogP contribution is -2.09. The van der Waals surface area contributed by atoms with Gasteiger partial charge in [0, 0.05) is 11.8 Å². The number of hydrogen-bond acceptors (Lipinski definition) is 3. The van der Waals surface area contributed by atoms with Gasteiger partial charge in [-0.05, 0) is 38.1 Å². The Hall–Kier alpha value is -1.64. The molecule has 0 heterocycles. The van der Waals surface area contributed by atoms with Gasteiger partial charge in [0.1, 0.15) is 5.75 Å². The standard InChI is InChI=1S/C18H28N2O/c1-5-7-8-12-17(20-6-2)14-19-13-16-11-9-10-15(3)18(16)21-4/h6,9-11,13,17H,5,7-8,12,14H2,1-4H3/t17-/m0/s1. The minimum absolute atomic E-state index is 0.300. The van der Waals surface area contributed by atoms with Crippen molar-refractivity contribution in [2.24, 2.45) is 9.98 Å². The number of ether oxygens (including phenoxy) is 1. The Morgan fingerprint density at radius 3 is 2.76 bits per heavy atom. The van der Waals surface area contributed by atoms with E-state index in [1.54, 1.807) is 7.11 Å². The van der Waals surface area contributed by atoms with Gasteiger partial charge in [-0.2, -0.15) is 0 Å². The molecule has 3 heteroatoms. The molecule has 0 saturated carbocycles. The number of hydrogen-bond donors (Lipinski definition) is 0. The van der Waals surface area contributed by atoms with Gasteiger partial charge in [0.25, 0.3) is 0 Å². The van der Waals surface area contributed by atoms with E-state index < -0.39 is 0 Å². The van der Waals surface area contributed by atoms with E-state index in [9.17, 15) is 0 Å². The minimum Gasteiger partial charge on any atom is -0.496 e. The van der Waals surface area contributed by atoms with Crippen molar-refractivity contribution < 1.29 is 4.74 Å². The van der Waals surface area contributed by atoms with E-state index in [0.29, 0.717) is 6.04 Å². The smallest absolute Gasteiger partial charge is 0.130 e. The molecule has 0 amide bonds. The summed E-state index contributed by atoms with van der Waals surface area (Å²) < 4.78 is 5.44. The molecule has 0 radical (unpaired) electrons. The van der Waals surface area contributed by atoms with Crippen molar-refractivity contribution in [1.29, 1.82) is 0 Å². The summed E-state index contributed by atoms with van der Waals surface area (Å²) in [5.41, 5.74) is 2.16. The van der Waals surface area contributed by atoms with Crippen LogP contribution in [0.25, 0.3) is 0 Å². The second-order valence-electron chi connectivity index (χ2n) is 5.25. The maximum atomic E-state index is 5.44. The summed E-state index contributed by atoms with van der Waals surface area (Å²) in [7, 11) is 1.70. The monoisotopic (exact) mass is 288 g/mol. The third kappa shape index (κ3) is 6.11. The van der Waals surface area contributed by atoms with Crippen LogP contribution in [-0.2, 0) is 0 Å². The van der Waals surface area contributed by atoms with Crippen LogP contribution in [0.2, 0.25) is 0 Å². The molecular formula is C18H28N2O. The molecule has 0 aliphatic rings. The Morgan fingerprint density at radius 1 is 1.29 bits per heavy atom. The number of para-hydroxylation sites is 1. The van der Waals surface area contributed by atoms with Crippen molar-refractivity contribution in [3.8, 4) is 5.75 Å². The van der Waals surface area contributed by atoms with Gasteiger partial charge in [-0.3, -0.25) is 9.98 Å². The van der Waals surface area contributed by atoms with Gasteiger partial charge < -0.3 is 4.74 Å². The Labute approximate surface area is 129 Å². The van der Waals surface area contributed by atoms with Crippen LogP contribution < -0.4 is 4.74 Å². The summed E-state index contributed by atoms with van der Waals surface area (Å²) in [6.45, 7) is 6.98. The van der Waals surface area contributed by atoms with Gasteiger partial charge in [-0.15, -0.1) is 0 Å². The first kappa shape index (κ1) is 17.4. The van der Waals surface area contributed by atoms with Crippen molar-refractivity contribution in [2.75, 3.05) is 13.7 Å². The maximum absolute atomic E-state index is 5.44. The highest BCUT2D eigenvalue weighted by Crippen LogP contribution is 2.21. The Bertz CT molecular complexity index is 466. The van der Waals surface area contributed by atoms with E-state index in [1.165, 1.54) is 19.3 Å². The van der Waals surface area contributed by atoms with E-state index in [2.05, 4.69) is 16.9 Å². The molecule has 1 aromatic carbocycles. The summed E-state index contributed by atoms with van der Waals surface area (Å²) in [4.78, 5) is 9.09. The van der Waals surface area contributed by atoms with Gasteiger partial charge in [-0.25, -0.2) is 0 Å². The second-order valence-corrected chi connectivity index (χ2v) is 5.25. The zero-order chi connectivity index (χ0) is 15.5. The molecule has 1 aromatic rings. The molecule has 0 N–H and O–H groups in total. The number of nitrogens with zero attached hydrogens (tertiary/aromatic N) is 2. The van der Waals surface area contributed by atoms with Crippen molar-refractivity contribution in [2.45, 2.75) is 52.5 Å². The normalized spacial score (nSPS) is 13.1. The summed E-state index contributed by atoms with van der Waals surface area (Å²) in [5, 5.41) is 0. The highest BCUT2D eigenvalue weighted by Gasteiger charge is 2.05. The lowest BCUT2D eigenvalue weighted by atomic mass is 10.1. The van der Waals surface area contributed by atoms with Crippen molar-refractivity contribution in [3.63, 3.8) is 0 Å². The quantitative estimate of drug-likeness (QED) is 0.488. The van der Waals surface area contributed by atoms with Gasteiger partial charge in [0.05, 0.1) is 19.7 Å². The third-order valence-electron chi connectivity index (χ3n) is 3.49. The number of benzene rings is 1. The minimum atomic E-state index is 0.300. The molecule has 0 unspecified atom stereocenters. The van der Waals surface area contributed by atoms with Crippen LogP contribution in [0, 0.1) is 6.92 Å². The van der Waals surface area contributed by atoms with E-state index in [4.69, 9.17) is 4.74 Å². The highest BCUT2D eigenvalue weighted by molar-refractivity contribution is 5.84. The van der Waals surface area contributed by atoms with E-state index in [1.807, 2.05) is 44.5 Å². The van der Waals surface area contributed by atoms with Crippen molar-refractivity contribution in [1.82, 2.24) is 0 Å². The Morgan fingerprint density at radius 2 is 2.10 bits per heavy atom. The maximum Gasteiger partial charge on any atom is 0.130 e. The molecule has 1 atom stereocenters. The van der Waals surface area contributed by atoms with E-state index in [0.717, 1.165) is 29.8 Å². The topological polar surface area (TPSA) is 34.0 Å². The summed E-state index contributed by atoms with van der Waals surface area (Å²) in [5.74, 6) is 0.905. The molecule has 0 aliphatic heterocycles. The lowest BCUT2D eigenvalue weighted by molar-refractivity contribution is 0.411. The van der Waals surface area contributed by atoms with Gasteiger partial charge in [0.15, 0.2) is 0 Å². The fourth-order valence-corrected chi connectivity index (χ4v) is 2.38. The van der Waals surface area contributed by atoms with Crippen LogP contribution >= 0.6 is 0 Å². The lowest BCUT2D eigenvalue weighted by Gasteiger charge is -2.10. The second kappa shape index (κ2) is 10.1. The number of aliphatic imine (C=N–C) groups is 2. The predicted molar refractivity (Wildman–Crippen MR) is 92.3 cm³/mol. The summed E-state index contributed by atoms with van der Waals surface area (Å²) in [6, 6.07) is 6.41. The molecule has 116 valence electrons. The molecule has 0 spiro atoms. The average molecular weight is 288 g/mol. The van der Waals surface area contributed by atoms with Gasteiger partial charge in [-0.1, -0.05) is 38.3 Å². The molecular weight excluding hydrogens is 260 g/mol. The van der Waals surface area contributed by atoms with Crippen molar-refractivity contribution in [3.05, 3.63) is 29.3 Å². The van der Waals surface area contributed by atoms with Crippen molar-refractivity contribution >= 4 is 12.4 Å². The number of rotatable bonds is 9. The molecule has 0 aromatic heterocycles. The molecule has 21 heavy (non-hydrogen) atoms. The van der Waals surface area contributed by atoms with Gasteiger partial charge >= 0.3 is 0 Å². The SMILES string of the molecule is CC=N[C@@H](CCCCC)CN=Cc1cccc(C)c1OC. The first-order chi connectivity index (χ1) is 10.2. The first-order valence-corrected chi connectivity index (χ1v) is 7.84. The van der Waals surface area contributed by atoms with Crippen LogP contribution in [0.3, 0.4) is 0 Å². The Kier molecular flexibility index (Phi) is 8.41. The third-order valence-corrected chi connectivity index (χ3v) is 3.49. The largest absolute Gasteiger partial charge is 0.496 e. The number of methoxy groups -OCH3 is 1. The summed E-state index contributed by atoms with van der Waals surface area (Å²) >= 11 is 0. The van der Waals surface area contributed by atoms with Crippen LogP contribution in [0.4, 0.5) is 0 Å². The first-order valence-electron chi connectivity index (χ1n) is 7.84. The van der Waals surface area contributed by atoms with Crippen LogP contribution in [0.15, 0.2) is 28.2 Å².